The van der Waals surface area contributed by atoms with Crippen molar-refractivity contribution in [2.45, 2.75) is 88.6 Å². The summed E-state index contributed by atoms with van der Waals surface area (Å²) >= 11 is 1.52. The van der Waals surface area contributed by atoms with Gasteiger partial charge in [0.15, 0.2) is 22.5 Å². The van der Waals surface area contributed by atoms with Gasteiger partial charge in [0.05, 0.1) is 23.3 Å². The number of hydrogen-bond acceptors (Lipinski definition) is 9. The van der Waals surface area contributed by atoms with E-state index in [9.17, 15) is 24.0 Å². The van der Waals surface area contributed by atoms with Crippen LogP contribution in [0.5, 0.6) is 0 Å². The van der Waals surface area contributed by atoms with Crippen molar-refractivity contribution in [3.8, 4) is 0 Å². The zero-order valence-electron chi connectivity index (χ0n) is 21.6. The van der Waals surface area contributed by atoms with Crippen LogP contribution >= 0.6 is 11.8 Å². The monoisotopic (exact) mass is 515 g/mol. The van der Waals surface area contributed by atoms with Crippen LogP contribution in [0.3, 0.4) is 0 Å². The van der Waals surface area contributed by atoms with E-state index in [1.807, 2.05) is 20.4 Å². The normalized spacial score (nSPS) is 18.4. The molecule has 3 aliphatic carbocycles. The number of ketones is 5. The molecule has 2 saturated carbocycles. The lowest BCUT2D eigenvalue weighted by atomic mass is 10.1. The molecule has 196 valence electrons. The van der Waals surface area contributed by atoms with E-state index in [2.05, 4.69) is 9.97 Å². The molecule has 0 spiro atoms. The van der Waals surface area contributed by atoms with Crippen molar-refractivity contribution in [1.29, 1.82) is 0 Å². The molecule has 0 radical (unpaired) electrons. The topological polar surface area (TPSA) is 114 Å². The minimum atomic E-state index is -0.00352. The van der Waals surface area contributed by atoms with Gasteiger partial charge in [-0.25, -0.2) is 9.97 Å². The van der Waals surface area contributed by atoms with Crippen LogP contribution in [0.4, 0.5) is 0 Å². The first kappa shape index (κ1) is 29.5. The summed E-state index contributed by atoms with van der Waals surface area (Å²) in [7, 11) is 3.64. The number of carbonyl (C=O) groups is 5. The van der Waals surface area contributed by atoms with Crippen molar-refractivity contribution in [2.75, 3.05) is 20.4 Å². The van der Waals surface area contributed by atoms with Crippen molar-refractivity contribution >= 4 is 40.7 Å². The maximum Gasteiger partial charge on any atom is 0.187 e. The zero-order chi connectivity index (χ0) is 26.5. The van der Waals surface area contributed by atoms with Gasteiger partial charge >= 0.3 is 0 Å². The number of fused-ring (bicyclic) bond motifs is 1. The van der Waals surface area contributed by atoms with Crippen molar-refractivity contribution in [1.82, 2.24) is 14.9 Å². The van der Waals surface area contributed by atoms with Gasteiger partial charge in [-0.2, -0.15) is 0 Å². The lowest BCUT2D eigenvalue weighted by molar-refractivity contribution is -0.126. The van der Waals surface area contributed by atoms with Crippen LogP contribution < -0.4 is 0 Å². The van der Waals surface area contributed by atoms with E-state index >= 15 is 0 Å². The molecule has 3 aliphatic rings. The summed E-state index contributed by atoms with van der Waals surface area (Å²) in [5, 5.41) is 0.762. The maximum absolute atomic E-state index is 11.6. The number of aromatic nitrogens is 2. The van der Waals surface area contributed by atoms with Crippen LogP contribution in [0.2, 0.25) is 0 Å². The Morgan fingerprint density at radius 1 is 0.750 bits per heavy atom. The number of carbonyl (C=O) groups excluding carboxylic acids is 5. The molecule has 0 N–H and O–H groups in total. The minimum absolute atomic E-state index is 0.00352. The predicted molar refractivity (Wildman–Crippen MR) is 139 cm³/mol. The number of Topliss-reactive ketones (excluding diaryl/α,β-unsaturated/α-hetero) is 5. The molecular formula is C27H37N3O5S. The summed E-state index contributed by atoms with van der Waals surface area (Å²) in [6, 6.07) is 0. The lowest BCUT2D eigenvalue weighted by Crippen LogP contribution is -2.14. The minimum Gasteiger partial charge on any atom is -0.383 e. The molecule has 1 aromatic rings. The quantitative estimate of drug-likeness (QED) is 0.108. The van der Waals surface area contributed by atoms with Gasteiger partial charge < -0.3 is 4.90 Å². The molecule has 36 heavy (non-hydrogen) atoms. The van der Waals surface area contributed by atoms with Crippen LogP contribution in [-0.2, 0) is 25.6 Å². The molecule has 0 unspecified atom stereocenters. The molecule has 1 aromatic heterocycles. The highest BCUT2D eigenvalue weighted by atomic mass is 32.2. The van der Waals surface area contributed by atoms with Crippen molar-refractivity contribution in [3.05, 3.63) is 29.2 Å². The summed E-state index contributed by atoms with van der Waals surface area (Å²) in [6.07, 6.45) is 14.8. The highest BCUT2D eigenvalue weighted by Gasteiger charge is 2.21. The molecule has 0 bridgehead atoms. The number of rotatable bonds is 2. The average molecular weight is 516 g/mol. The third-order valence-electron chi connectivity index (χ3n) is 6.00. The fourth-order valence-corrected chi connectivity index (χ4v) is 4.43. The van der Waals surface area contributed by atoms with Crippen LogP contribution in [0, 0.1) is 0 Å². The van der Waals surface area contributed by atoms with Gasteiger partial charge in [-0.1, -0.05) is 11.8 Å². The average Bonchev–Trinajstić information content (AvgIpc) is 3.23. The first-order chi connectivity index (χ1) is 17.2. The first-order valence-corrected chi connectivity index (χ1v) is 13.8. The molecule has 2 fully saturated rings. The highest BCUT2D eigenvalue weighted by molar-refractivity contribution is 7.98. The lowest BCUT2D eigenvalue weighted by Gasteiger charge is -2.07. The summed E-state index contributed by atoms with van der Waals surface area (Å²) in [4.78, 5) is 66.1. The van der Waals surface area contributed by atoms with E-state index < -0.39 is 0 Å². The number of allylic oxidation sites excluding steroid dienone is 1. The number of thioether (sulfide) groups is 1. The molecule has 4 rings (SSSR count). The van der Waals surface area contributed by atoms with Crippen LogP contribution in [0.1, 0.15) is 93.1 Å². The van der Waals surface area contributed by atoms with Gasteiger partial charge in [-0.15, -0.1) is 0 Å². The molecule has 8 nitrogen and oxygen atoms in total. The molecule has 0 aliphatic heterocycles. The van der Waals surface area contributed by atoms with Gasteiger partial charge in [0, 0.05) is 58.6 Å². The fraction of sp³-hybridized carbons (Fsp3) is 0.593. The Balaban J connectivity index is 0.000000195. The van der Waals surface area contributed by atoms with Gasteiger partial charge in [0.1, 0.15) is 11.6 Å². The number of aryl methyl sites for hydroxylation is 1. The Bertz CT molecular complexity index is 967. The van der Waals surface area contributed by atoms with Gasteiger partial charge in [0.25, 0.3) is 0 Å². The number of hydrogen-bond donors (Lipinski definition) is 0. The first-order valence-electron chi connectivity index (χ1n) is 12.6. The third kappa shape index (κ3) is 10.1. The van der Waals surface area contributed by atoms with Gasteiger partial charge in [-0.3, -0.25) is 24.0 Å². The summed E-state index contributed by atoms with van der Waals surface area (Å²) in [5.74, 6) is 0.438. The molecule has 1 heterocycles. The Kier molecular flexibility index (Phi) is 12.7. The van der Waals surface area contributed by atoms with Crippen molar-refractivity contribution in [2.24, 2.45) is 0 Å². The summed E-state index contributed by atoms with van der Waals surface area (Å²) in [6.45, 7) is 0. The molecule has 0 atom stereocenters. The maximum atomic E-state index is 11.6. The Morgan fingerprint density at radius 3 is 1.78 bits per heavy atom. The Morgan fingerprint density at radius 2 is 1.25 bits per heavy atom. The zero-order valence-corrected chi connectivity index (χ0v) is 22.5. The van der Waals surface area contributed by atoms with Gasteiger partial charge in [-0.05, 0) is 51.2 Å². The molecule has 0 aromatic carbocycles. The van der Waals surface area contributed by atoms with E-state index in [1.54, 1.807) is 17.3 Å². The third-order valence-corrected chi connectivity index (χ3v) is 6.56. The standard InChI is InChI=1S/C10H12N2OS.C10H15NO2.C7H10O2/c1-14-10-11-6-7-8(12-10)4-2-3-5-9(7)13;1-11(2)7-8-9(12)5-3-4-6-10(8)13;8-6-3-1-2-4-7(9)5-6/h6H,2-5H2,1H3;7H,3-6H2,1-2H3;1-5H2. The summed E-state index contributed by atoms with van der Waals surface area (Å²) in [5.41, 5.74) is 2.05. The molecule has 9 heteroatoms. The van der Waals surface area contributed by atoms with Crippen LogP contribution in [0.25, 0.3) is 0 Å². The van der Waals surface area contributed by atoms with E-state index in [-0.39, 0.29) is 35.3 Å². The number of nitrogens with zero attached hydrogens (tertiary/aromatic N) is 3. The smallest absolute Gasteiger partial charge is 0.187 e. The van der Waals surface area contributed by atoms with Crippen LogP contribution in [0.15, 0.2) is 23.1 Å². The SMILES string of the molecule is CN(C)C=C1C(=O)CCCCC1=O.CSc1ncc2c(n1)CCCCC2=O.O=C1CCCCC(=O)C1. The second kappa shape index (κ2) is 15.4. The second-order valence-corrected chi connectivity index (χ2v) is 10.1. The molecule has 0 saturated heterocycles. The van der Waals surface area contributed by atoms with E-state index in [0.29, 0.717) is 37.7 Å². The highest BCUT2D eigenvalue weighted by Crippen LogP contribution is 2.20. The van der Waals surface area contributed by atoms with Gasteiger partial charge in [0.2, 0.25) is 0 Å². The predicted octanol–water partition coefficient (Wildman–Crippen LogP) is 4.34. The van der Waals surface area contributed by atoms with E-state index in [1.165, 1.54) is 11.8 Å². The molecular weight excluding hydrogens is 478 g/mol. The van der Waals surface area contributed by atoms with E-state index in [0.717, 1.165) is 61.4 Å². The van der Waals surface area contributed by atoms with Crippen molar-refractivity contribution in [3.63, 3.8) is 0 Å². The molecule has 0 amide bonds. The van der Waals surface area contributed by atoms with E-state index in [4.69, 9.17) is 0 Å². The largest absolute Gasteiger partial charge is 0.383 e. The second-order valence-electron chi connectivity index (χ2n) is 9.37. The van der Waals surface area contributed by atoms with Crippen molar-refractivity contribution < 1.29 is 24.0 Å². The summed E-state index contributed by atoms with van der Waals surface area (Å²) < 4.78 is 0. The van der Waals surface area contributed by atoms with Crippen LogP contribution in [-0.4, -0.2) is 64.1 Å². The Hall–Kier alpha value is -2.68. The fourth-order valence-electron chi connectivity index (χ4n) is 4.07. The Labute approximate surface area is 217 Å².